The number of methoxy groups -OCH3 is 1. The lowest BCUT2D eigenvalue weighted by atomic mass is 9.94. The summed E-state index contributed by atoms with van der Waals surface area (Å²) in [6.07, 6.45) is 4.83. The van der Waals surface area contributed by atoms with Crippen LogP contribution < -0.4 is 14.8 Å². The number of anilines is 1. The Balaban J connectivity index is 1.32. The van der Waals surface area contributed by atoms with E-state index in [-0.39, 0.29) is 18.5 Å². The maximum absolute atomic E-state index is 14.3. The van der Waals surface area contributed by atoms with Gasteiger partial charge >= 0.3 is 5.97 Å². The third-order valence-electron chi connectivity index (χ3n) is 8.04. The highest BCUT2D eigenvalue weighted by molar-refractivity contribution is 7.98. The first-order chi connectivity index (χ1) is 21.9. The van der Waals surface area contributed by atoms with E-state index in [1.165, 1.54) is 17.8 Å². The normalized spacial score (nSPS) is 16.6. The number of benzene rings is 3. The van der Waals surface area contributed by atoms with E-state index in [0.29, 0.717) is 50.2 Å². The van der Waals surface area contributed by atoms with E-state index in [4.69, 9.17) is 30.9 Å². The quantitative estimate of drug-likeness (QED) is 0.136. The number of aromatic nitrogens is 3. The van der Waals surface area contributed by atoms with Crippen molar-refractivity contribution in [2.45, 2.75) is 68.7 Å². The van der Waals surface area contributed by atoms with E-state index in [9.17, 15) is 9.18 Å². The van der Waals surface area contributed by atoms with Crippen LogP contribution in [0.4, 0.5) is 10.3 Å². The second kappa shape index (κ2) is 14.0. The van der Waals surface area contributed by atoms with E-state index in [1.54, 1.807) is 30.0 Å². The minimum atomic E-state index is -0.654. The van der Waals surface area contributed by atoms with Crippen molar-refractivity contribution >= 4 is 35.3 Å². The molecule has 0 spiro atoms. The van der Waals surface area contributed by atoms with Crippen molar-refractivity contribution in [1.82, 2.24) is 14.8 Å². The number of allylic oxidation sites excluding steroid dienone is 1. The lowest BCUT2D eigenvalue weighted by Gasteiger charge is -2.30. The Kier molecular flexibility index (Phi) is 9.61. The molecule has 1 unspecified atom stereocenters. The highest BCUT2D eigenvalue weighted by Crippen LogP contribution is 2.41. The second-order valence-corrected chi connectivity index (χ2v) is 12.4. The number of rotatable bonds is 10. The van der Waals surface area contributed by atoms with E-state index >= 15 is 0 Å². The fourth-order valence-electron chi connectivity index (χ4n) is 5.67. The largest absolute Gasteiger partial charge is 0.493 e. The molecule has 1 atom stereocenters. The average molecular weight is 649 g/mol. The Morgan fingerprint density at radius 3 is 2.56 bits per heavy atom. The third-order valence-corrected chi connectivity index (χ3v) is 9.29. The number of carbonyl (C=O) groups is 1. The van der Waals surface area contributed by atoms with Gasteiger partial charge < -0.3 is 19.5 Å². The van der Waals surface area contributed by atoms with Crippen molar-refractivity contribution in [2.24, 2.45) is 0 Å². The van der Waals surface area contributed by atoms with Crippen molar-refractivity contribution in [3.63, 3.8) is 0 Å². The van der Waals surface area contributed by atoms with Gasteiger partial charge in [-0.3, -0.25) is 0 Å². The summed E-state index contributed by atoms with van der Waals surface area (Å²) in [5.41, 5.74) is 3.22. The molecule has 1 aromatic heterocycles. The summed E-state index contributed by atoms with van der Waals surface area (Å²) in [4.78, 5) is 18.5. The molecule has 1 fully saturated rings. The number of ether oxygens (including phenoxy) is 3. The third kappa shape index (κ3) is 6.97. The summed E-state index contributed by atoms with van der Waals surface area (Å²) in [6, 6.07) is 19.0. The Hall–Kier alpha value is -4.02. The van der Waals surface area contributed by atoms with Crippen LogP contribution in [-0.4, -0.2) is 33.9 Å². The molecule has 2 heterocycles. The minimum absolute atomic E-state index is 0.119. The highest BCUT2D eigenvalue weighted by Gasteiger charge is 2.37. The zero-order valence-electron chi connectivity index (χ0n) is 25.1. The average Bonchev–Trinajstić information content (AvgIpc) is 3.46. The molecular formula is C34H34ClFN4O4S. The summed E-state index contributed by atoms with van der Waals surface area (Å²) in [6.45, 7) is 2.10. The minimum Gasteiger partial charge on any atom is -0.493 e. The van der Waals surface area contributed by atoms with Gasteiger partial charge in [0.05, 0.1) is 12.7 Å². The Bertz CT molecular complexity index is 1720. The van der Waals surface area contributed by atoms with E-state index in [1.807, 2.05) is 49.4 Å². The number of nitrogens with one attached hydrogen (secondary N) is 1. The molecular weight excluding hydrogens is 615 g/mol. The van der Waals surface area contributed by atoms with Gasteiger partial charge in [0, 0.05) is 22.0 Å². The van der Waals surface area contributed by atoms with E-state index in [2.05, 4.69) is 10.3 Å². The van der Waals surface area contributed by atoms with Crippen LogP contribution >= 0.6 is 23.4 Å². The molecule has 8 nitrogen and oxygen atoms in total. The standard InChI is InChI=1S/C34H34ClFN4O4S/c1-21-30(32(41)44-25-12-4-3-5-13-25)31(40-33(37-21)38-34(39-40)45-20-24-11-7-9-15-27(24)36)22-16-17-28(29(18-22)42-2)43-19-23-10-6-8-14-26(23)35/h6-11,14-18,25,31H,3-5,12-13,19-20H2,1-2H3,(H,37,38,39). The van der Waals surface area contributed by atoms with Gasteiger partial charge in [-0.25, -0.2) is 13.9 Å². The summed E-state index contributed by atoms with van der Waals surface area (Å²) in [7, 11) is 1.57. The van der Waals surface area contributed by atoms with Gasteiger partial charge in [-0.15, -0.1) is 5.10 Å². The molecule has 4 aromatic rings. The van der Waals surface area contributed by atoms with Crippen molar-refractivity contribution in [1.29, 1.82) is 0 Å². The molecule has 2 aliphatic rings. The van der Waals surface area contributed by atoms with Crippen molar-refractivity contribution in [3.05, 3.63) is 106 Å². The predicted octanol–water partition coefficient (Wildman–Crippen LogP) is 8.12. The molecule has 3 aromatic carbocycles. The predicted molar refractivity (Wildman–Crippen MR) is 172 cm³/mol. The van der Waals surface area contributed by atoms with Crippen LogP contribution in [0.15, 0.2) is 83.2 Å². The fraction of sp³-hybridized carbons (Fsp3) is 0.324. The smallest absolute Gasteiger partial charge is 0.338 e. The van der Waals surface area contributed by atoms with Crippen LogP contribution in [0.1, 0.15) is 61.8 Å². The second-order valence-electron chi connectivity index (χ2n) is 11.1. The maximum atomic E-state index is 14.3. The Morgan fingerprint density at radius 2 is 1.80 bits per heavy atom. The molecule has 0 saturated heterocycles. The maximum Gasteiger partial charge on any atom is 0.338 e. The first-order valence-corrected chi connectivity index (χ1v) is 16.3. The number of hydrogen-bond acceptors (Lipinski definition) is 8. The molecule has 1 aliphatic heterocycles. The van der Waals surface area contributed by atoms with Crippen molar-refractivity contribution in [2.75, 3.05) is 12.4 Å². The first-order valence-electron chi connectivity index (χ1n) is 15.0. The summed E-state index contributed by atoms with van der Waals surface area (Å²) in [5, 5.41) is 9.11. The summed E-state index contributed by atoms with van der Waals surface area (Å²) >= 11 is 7.65. The monoisotopic (exact) mass is 648 g/mol. The van der Waals surface area contributed by atoms with Gasteiger partial charge in [0.2, 0.25) is 11.1 Å². The molecule has 0 amide bonds. The highest BCUT2D eigenvalue weighted by atomic mass is 35.5. The Labute approximate surface area is 270 Å². The van der Waals surface area contributed by atoms with Crippen molar-refractivity contribution in [3.8, 4) is 11.5 Å². The van der Waals surface area contributed by atoms with Gasteiger partial charge in [0.15, 0.2) is 11.5 Å². The van der Waals surface area contributed by atoms with Crippen LogP contribution in [0.5, 0.6) is 11.5 Å². The number of halogens is 2. The van der Waals surface area contributed by atoms with Crippen LogP contribution in [0.2, 0.25) is 5.02 Å². The van der Waals surface area contributed by atoms with Gasteiger partial charge in [-0.2, -0.15) is 4.98 Å². The number of nitrogens with zero attached hydrogens (tertiary/aromatic N) is 3. The molecule has 0 bridgehead atoms. The van der Waals surface area contributed by atoms with E-state index < -0.39 is 12.0 Å². The molecule has 1 N–H and O–H groups in total. The molecule has 1 saturated carbocycles. The Morgan fingerprint density at radius 1 is 1.04 bits per heavy atom. The molecule has 234 valence electrons. The van der Waals surface area contributed by atoms with Crippen molar-refractivity contribution < 1.29 is 23.4 Å². The molecule has 45 heavy (non-hydrogen) atoms. The molecule has 11 heteroatoms. The summed E-state index contributed by atoms with van der Waals surface area (Å²) in [5.74, 6) is 1.18. The van der Waals surface area contributed by atoms with Gasteiger partial charge in [-0.1, -0.05) is 72.2 Å². The number of thioether (sulfide) groups is 1. The van der Waals surface area contributed by atoms with Crippen LogP contribution in [0, 0.1) is 5.82 Å². The number of esters is 1. The fourth-order valence-corrected chi connectivity index (χ4v) is 6.67. The molecule has 1 aliphatic carbocycles. The van der Waals surface area contributed by atoms with Gasteiger partial charge in [0.25, 0.3) is 0 Å². The van der Waals surface area contributed by atoms with Crippen LogP contribution in [-0.2, 0) is 21.9 Å². The topological polar surface area (TPSA) is 87.5 Å². The van der Waals surface area contributed by atoms with Crippen LogP contribution in [0.25, 0.3) is 0 Å². The van der Waals surface area contributed by atoms with Crippen LogP contribution in [0.3, 0.4) is 0 Å². The number of fused-ring (bicyclic) bond motifs is 1. The molecule has 6 rings (SSSR count). The molecule has 0 radical (unpaired) electrons. The summed E-state index contributed by atoms with van der Waals surface area (Å²) < 4.78 is 33.9. The van der Waals surface area contributed by atoms with Gasteiger partial charge in [0.1, 0.15) is 24.6 Å². The lowest BCUT2D eigenvalue weighted by molar-refractivity contribution is -0.146. The zero-order chi connectivity index (χ0) is 31.3. The van der Waals surface area contributed by atoms with Gasteiger partial charge in [-0.05, 0) is 68.0 Å². The number of hydrogen-bond donors (Lipinski definition) is 1. The number of carbonyl (C=O) groups excluding carboxylic acids is 1. The first kappa shape index (κ1) is 31.0. The van der Waals surface area contributed by atoms with E-state index in [0.717, 1.165) is 43.2 Å². The zero-order valence-corrected chi connectivity index (χ0v) is 26.7. The SMILES string of the molecule is COc1cc(C2C(C(=O)OC3CCCCC3)=C(C)Nc3nc(SCc4ccccc4F)nn32)ccc1OCc1ccccc1Cl. The lowest BCUT2D eigenvalue weighted by Crippen LogP contribution is -2.32.